The van der Waals surface area contributed by atoms with Gasteiger partial charge in [-0.3, -0.25) is 9.59 Å². The van der Waals surface area contributed by atoms with Gasteiger partial charge in [0.25, 0.3) is 0 Å². The highest BCUT2D eigenvalue weighted by atomic mass is 16.5. The van der Waals surface area contributed by atoms with E-state index in [1.54, 1.807) is 34.3 Å². The molecule has 0 bridgehead atoms. The zero-order valence-electron chi connectivity index (χ0n) is 33.1. The molecule has 0 spiro atoms. The molecule has 1 atom stereocenters. The van der Waals surface area contributed by atoms with E-state index in [9.17, 15) is 19.2 Å². The molecule has 2 heterocycles. The fraction of sp³-hybridized carbons (Fsp3) is 0.273. The van der Waals surface area contributed by atoms with Crippen molar-refractivity contribution >= 4 is 34.8 Å². The first kappa shape index (κ1) is 40.7. The molecule has 4 amide bonds. The number of carbonyl (C=O) groups is 4. The predicted molar refractivity (Wildman–Crippen MR) is 221 cm³/mol. The Morgan fingerprint density at radius 2 is 1.19 bits per heavy atom. The van der Waals surface area contributed by atoms with Crippen molar-refractivity contribution in [1.82, 2.24) is 40.4 Å². The Morgan fingerprint density at radius 3 is 1.81 bits per heavy atom. The minimum absolute atomic E-state index is 0.150. The van der Waals surface area contributed by atoms with Gasteiger partial charge < -0.3 is 39.9 Å². The normalized spacial score (nSPS) is 11.4. The standard InChI is InChI=1S/C44H48N8O6/c1-5-20-51(40(53)26-47-43(55)57-3)27-38-45-24-36(48-38)30-14-12-29(13-15-30)32-16-17-34-23-35(19-18-33(34)22-32)37-25-46-39(49-37)28-52(21-6-2)42(54)41(50-44(56)58-4)31-10-8-7-9-11-31/h7-19,22-25,41H,5-6,20-21,26-28H2,1-4H3,(H,45,48)(H,46,49)(H,47,55)(H,50,56)/t41-/m1/s1. The fourth-order valence-corrected chi connectivity index (χ4v) is 6.70. The van der Waals surface area contributed by atoms with E-state index in [0.717, 1.165) is 57.3 Å². The lowest BCUT2D eigenvalue weighted by Gasteiger charge is -2.27. The van der Waals surface area contributed by atoms with Crippen LogP contribution in [-0.4, -0.2) is 87.6 Å². The van der Waals surface area contributed by atoms with E-state index in [1.165, 1.54) is 14.2 Å². The van der Waals surface area contributed by atoms with Crippen molar-refractivity contribution in [2.45, 2.75) is 45.8 Å². The molecule has 14 nitrogen and oxygen atoms in total. The Balaban J connectivity index is 1.12. The number of hydrogen-bond donors (Lipinski definition) is 4. The highest BCUT2D eigenvalue weighted by molar-refractivity contribution is 5.91. The molecule has 14 heteroatoms. The number of methoxy groups -OCH3 is 2. The zero-order valence-corrected chi connectivity index (χ0v) is 33.1. The Kier molecular flexibility index (Phi) is 13.5. The van der Waals surface area contributed by atoms with Gasteiger partial charge >= 0.3 is 12.2 Å². The molecule has 2 aromatic heterocycles. The maximum absolute atomic E-state index is 13.8. The van der Waals surface area contributed by atoms with Crippen molar-refractivity contribution in [3.63, 3.8) is 0 Å². The molecule has 0 saturated carbocycles. The summed E-state index contributed by atoms with van der Waals surface area (Å²) in [6.07, 6.45) is 3.69. The van der Waals surface area contributed by atoms with E-state index in [0.29, 0.717) is 36.8 Å². The molecule has 58 heavy (non-hydrogen) atoms. The number of aromatic nitrogens is 4. The van der Waals surface area contributed by atoms with Crippen LogP contribution in [0.3, 0.4) is 0 Å². The van der Waals surface area contributed by atoms with Crippen LogP contribution in [0.25, 0.3) is 44.4 Å². The second-order valence-corrected chi connectivity index (χ2v) is 13.7. The predicted octanol–water partition coefficient (Wildman–Crippen LogP) is 7.22. The molecule has 0 saturated heterocycles. The molecule has 0 aliphatic carbocycles. The average molecular weight is 785 g/mol. The molecule has 0 aliphatic heterocycles. The number of nitrogens with one attached hydrogen (secondary N) is 4. The van der Waals surface area contributed by atoms with Crippen LogP contribution < -0.4 is 10.6 Å². The van der Waals surface area contributed by atoms with Crippen LogP contribution in [0.2, 0.25) is 0 Å². The minimum Gasteiger partial charge on any atom is -0.453 e. The van der Waals surface area contributed by atoms with Gasteiger partial charge in [0, 0.05) is 18.7 Å². The number of carbonyl (C=O) groups excluding carboxylic acids is 4. The topological polar surface area (TPSA) is 175 Å². The molecule has 0 fully saturated rings. The van der Waals surface area contributed by atoms with E-state index >= 15 is 0 Å². The summed E-state index contributed by atoms with van der Waals surface area (Å²) in [6, 6.07) is 29.0. The Bertz CT molecular complexity index is 2340. The van der Waals surface area contributed by atoms with Crippen molar-refractivity contribution in [2.75, 3.05) is 33.9 Å². The number of rotatable bonds is 16. The van der Waals surface area contributed by atoms with Gasteiger partial charge in [-0.05, 0) is 58.0 Å². The number of hydrogen-bond acceptors (Lipinski definition) is 8. The number of imidazole rings is 2. The number of H-pyrrole nitrogens is 2. The van der Waals surface area contributed by atoms with Gasteiger partial charge in [-0.1, -0.05) is 92.7 Å². The molecular formula is C44H48N8O6. The summed E-state index contributed by atoms with van der Waals surface area (Å²) in [6.45, 7) is 5.38. The molecule has 300 valence electrons. The third-order valence-corrected chi connectivity index (χ3v) is 9.67. The average Bonchev–Trinajstić information content (AvgIpc) is 3.94. The number of ether oxygens (including phenoxy) is 2. The van der Waals surface area contributed by atoms with Crippen molar-refractivity contribution in [1.29, 1.82) is 0 Å². The molecule has 4 aromatic carbocycles. The zero-order chi connectivity index (χ0) is 41.0. The number of aromatic amines is 2. The third-order valence-electron chi connectivity index (χ3n) is 9.67. The summed E-state index contributed by atoms with van der Waals surface area (Å²) >= 11 is 0. The number of nitrogens with zero attached hydrogens (tertiary/aromatic N) is 4. The second-order valence-electron chi connectivity index (χ2n) is 13.7. The Morgan fingerprint density at radius 1 is 0.655 bits per heavy atom. The lowest BCUT2D eigenvalue weighted by atomic mass is 9.98. The molecule has 6 aromatic rings. The number of benzene rings is 4. The second kappa shape index (κ2) is 19.3. The maximum atomic E-state index is 13.8. The van der Waals surface area contributed by atoms with Gasteiger partial charge in [-0.2, -0.15) is 0 Å². The largest absolute Gasteiger partial charge is 0.453 e. The fourth-order valence-electron chi connectivity index (χ4n) is 6.70. The van der Waals surface area contributed by atoms with Gasteiger partial charge in [-0.15, -0.1) is 0 Å². The summed E-state index contributed by atoms with van der Waals surface area (Å²) in [5, 5.41) is 7.28. The molecular weight excluding hydrogens is 737 g/mol. The van der Waals surface area contributed by atoms with E-state index in [2.05, 4.69) is 77.8 Å². The van der Waals surface area contributed by atoms with E-state index in [-0.39, 0.29) is 24.9 Å². The van der Waals surface area contributed by atoms with Crippen LogP contribution in [0.4, 0.5) is 9.59 Å². The van der Waals surface area contributed by atoms with Crippen LogP contribution >= 0.6 is 0 Å². The van der Waals surface area contributed by atoms with E-state index in [4.69, 9.17) is 4.74 Å². The molecule has 6 rings (SSSR count). The highest BCUT2D eigenvalue weighted by Crippen LogP contribution is 2.30. The van der Waals surface area contributed by atoms with Crippen LogP contribution in [0.5, 0.6) is 0 Å². The highest BCUT2D eigenvalue weighted by Gasteiger charge is 2.28. The molecule has 0 radical (unpaired) electrons. The summed E-state index contributed by atoms with van der Waals surface area (Å²) in [4.78, 5) is 69.3. The Hall–Kier alpha value is -6.96. The van der Waals surface area contributed by atoms with E-state index in [1.807, 2.05) is 50.2 Å². The lowest BCUT2D eigenvalue weighted by molar-refractivity contribution is -0.134. The van der Waals surface area contributed by atoms with Crippen LogP contribution in [0.1, 0.15) is 49.9 Å². The maximum Gasteiger partial charge on any atom is 0.407 e. The van der Waals surface area contributed by atoms with Gasteiger partial charge in [0.05, 0.1) is 51.1 Å². The summed E-state index contributed by atoms with van der Waals surface area (Å²) in [7, 11) is 2.53. The van der Waals surface area contributed by atoms with Crippen molar-refractivity contribution in [3.05, 3.63) is 121 Å². The van der Waals surface area contributed by atoms with Crippen LogP contribution in [0.15, 0.2) is 103 Å². The molecule has 0 aliphatic rings. The van der Waals surface area contributed by atoms with Crippen LogP contribution in [0, 0.1) is 0 Å². The van der Waals surface area contributed by atoms with Gasteiger partial charge in [0.15, 0.2) is 0 Å². The monoisotopic (exact) mass is 784 g/mol. The molecule has 0 unspecified atom stereocenters. The lowest BCUT2D eigenvalue weighted by Crippen LogP contribution is -2.43. The van der Waals surface area contributed by atoms with Crippen molar-refractivity contribution in [2.24, 2.45) is 0 Å². The minimum atomic E-state index is -0.903. The first-order chi connectivity index (χ1) is 28.2. The number of amides is 4. The van der Waals surface area contributed by atoms with Crippen molar-refractivity contribution < 1.29 is 28.7 Å². The Labute approximate surface area is 337 Å². The molecule has 4 N–H and O–H groups in total. The van der Waals surface area contributed by atoms with Crippen LogP contribution in [-0.2, 0) is 32.2 Å². The number of fused-ring (bicyclic) bond motifs is 1. The van der Waals surface area contributed by atoms with Crippen molar-refractivity contribution in [3.8, 4) is 33.6 Å². The third kappa shape index (κ3) is 10.1. The quantitative estimate of drug-likeness (QED) is 0.0796. The summed E-state index contributed by atoms with van der Waals surface area (Å²) in [5.41, 5.74) is 6.39. The van der Waals surface area contributed by atoms with Gasteiger partial charge in [-0.25, -0.2) is 19.6 Å². The number of alkyl carbamates (subject to hydrolysis) is 2. The van der Waals surface area contributed by atoms with E-state index < -0.39 is 18.2 Å². The first-order valence-electron chi connectivity index (χ1n) is 19.2. The first-order valence-corrected chi connectivity index (χ1v) is 19.2. The smallest absolute Gasteiger partial charge is 0.407 e. The van der Waals surface area contributed by atoms with Gasteiger partial charge in [0.1, 0.15) is 24.2 Å². The summed E-state index contributed by atoms with van der Waals surface area (Å²) in [5.74, 6) is 0.803. The van der Waals surface area contributed by atoms with Gasteiger partial charge in [0.2, 0.25) is 11.8 Å². The summed E-state index contributed by atoms with van der Waals surface area (Å²) < 4.78 is 9.38. The SMILES string of the molecule is CCCN(Cc1ncc(-c2ccc(-c3ccc4cc(-c5cnc(CN(CCC)C(=O)[C@H](NC(=O)OC)c6ccccc6)[nH]5)ccc4c3)cc2)[nH]1)C(=O)CNC(=O)OC.